The fraction of sp³-hybridized carbons (Fsp3) is 0.348. The van der Waals surface area contributed by atoms with Crippen LogP contribution in [0.1, 0.15) is 11.8 Å². The van der Waals surface area contributed by atoms with Gasteiger partial charge in [0, 0.05) is 19.7 Å². The molecule has 4 rings (SSSR count). The molecular weight excluding hydrogens is 492 g/mol. The summed E-state index contributed by atoms with van der Waals surface area (Å²) in [6.45, 7) is -0.496. The van der Waals surface area contributed by atoms with Gasteiger partial charge < -0.3 is 30.5 Å². The minimum Gasteiger partial charge on any atom is -0.479 e. The van der Waals surface area contributed by atoms with Gasteiger partial charge in [-0.2, -0.15) is 9.97 Å². The van der Waals surface area contributed by atoms with E-state index in [0.29, 0.717) is 5.56 Å². The smallest absolute Gasteiger partial charge is 0.342 e. The lowest BCUT2D eigenvalue weighted by Crippen LogP contribution is -2.52. The van der Waals surface area contributed by atoms with E-state index in [1.165, 1.54) is 17.9 Å². The molecular formula is C23H23ClN6O6. The summed E-state index contributed by atoms with van der Waals surface area (Å²) in [5.74, 6) is 0.854. The monoisotopic (exact) mass is 514 g/mol. The maximum absolute atomic E-state index is 12.3. The zero-order valence-electron chi connectivity index (χ0n) is 19.0. The van der Waals surface area contributed by atoms with Gasteiger partial charge in [-0.25, -0.2) is 9.78 Å². The molecule has 0 amide bonds. The van der Waals surface area contributed by atoms with Gasteiger partial charge in [0.25, 0.3) is 0 Å². The van der Waals surface area contributed by atoms with Crippen LogP contribution in [0.15, 0.2) is 41.7 Å². The van der Waals surface area contributed by atoms with Gasteiger partial charge in [0.15, 0.2) is 23.3 Å². The first-order valence-electron chi connectivity index (χ1n) is 10.7. The number of ether oxygens (including phenoxy) is 2. The lowest BCUT2D eigenvalue weighted by atomic mass is 9.92. The van der Waals surface area contributed by atoms with Crippen molar-refractivity contribution in [3.05, 3.63) is 47.5 Å². The number of aliphatic hydroxyl groups excluding tert-OH is 1. The van der Waals surface area contributed by atoms with Crippen LogP contribution in [0.5, 0.6) is 0 Å². The normalized spacial score (nSPS) is 25.7. The van der Waals surface area contributed by atoms with Gasteiger partial charge in [-0.15, -0.1) is 6.42 Å². The Morgan fingerprint density at radius 2 is 2.17 bits per heavy atom. The first kappa shape index (κ1) is 25.5. The number of aliphatic carboxylic acids is 1. The number of carboxylic acid groups (broad SMARTS) is 1. The molecule has 1 aromatic carbocycles. The molecule has 0 aliphatic carbocycles. The van der Waals surface area contributed by atoms with Crippen molar-refractivity contribution in [2.75, 3.05) is 19.4 Å². The molecule has 5 N–H and O–H groups in total. The second kappa shape index (κ2) is 9.81. The van der Waals surface area contributed by atoms with Gasteiger partial charge in [0.2, 0.25) is 10.9 Å². The Bertz CT molecular complexity index is 1340. The minimum absolute atomic E-state index is 0.00865. The second-order valence-electron chi connectivity index (χ2n) is 8.19. The summed E-state index contributed by atoms with van der Waals surface area (Å²) in [5.41, 5.74) is 2.72. The number of halogens is 1. The van der Waals surface area contributed by atoms with Crippen LogP contribution < -0.4 is 5.73 Å². The quantitative estimate of drug-likeness (QED) is 0.187. The van der Waals surface area contributed by atoms with E-state index in [2.05, 4.69) is 25.9 Å². The van der Waals surface area contributed by atoms with Crippen molar-refractivity contribution < 1.29 is 29.6 Å². The third kappa shape index (κ3) is 4.39. The first-order valence-corrected chi connectivity index (χ1v) is 11.1. The predicted octanol–water partition coefficient (Wildman–Crippen LogP) is 0.468. The highest BCUT2D eigenvalue weighted by molar-refractivity contribution is 6.28. The first-order chi connectivity index (χ1) is 17.1. The van der Waals surface area contributed by atoms with Crippen LogP contribution in [-0.2, 0) is 20.7 Å². The summed E-state index contributed by atoms with van der Waals surface area (Å²) in [5, 5.41) is 32.0. The number of aliphatic hydroxyl groups is 2. The lowest BCUT2D eigenvalue weighted by molar-refractivity contribution is -0.163. The van der Waals surface area contributed by atoms with Crippen molar-refractivity contribution in [3.63, 3.8) is 0 Å². The van der Waals surface area contributed by atoms with Crippen molar-refractivity contribution in [2.45, 2.75) is 36.1 Å². The Morgan fingerprint density at radius 3 is 2.81 bits per heavy atom. The third-order valence-corrected chi connectivity index (χ3v) is 6.11. The van der Waals surface area contributed by atoms with Gasteiger partial charge >= 0.3 is 5.97 Å². The number of aromatic nitrogens is 4. The number of fused-ring (bicyclic) bond motifs is 1. The molecule has 188 valence electrons. The molecule has 0 radical (unpaired) electrons. The van der Waals surface area contributed by atoms with Crippen LogP contribution in [0.25, 0.3) is 11.2 Å². The van der Waals surface area contributed by atoms with E-state index in [0.717, 1.165) is 6.21 Å². The molecule has 1 aliphatic heterocycles. The Morgan fingerprint density at radius 1 is 1.44 bits per heavy atom. The van der Waals surface area contributed by atoms with Crippen molar-refractivity contribution in [3.8, 4) is 12.3 Å². The van der Waals surface area contributed by atoms with Crippen LogP contribution >= 0.6 is 11.6 Å². The van der Waals surface area contributed by atoms with Crippen molar-refractivity contribution >= 4 is 40.8 Å². The Balaban J connectivity index is 1.65. The molecule has 12 nitrogen and oxygen atoms in total. The molecule has 36 heavy (non-hydrogen) atoms. The fourth-order valence-electron chi connectivity index (χ4n) is 4.07. The van der Waals surface area contributed by atoms with E-state index in [4.69, 9.17) is 33.2 Å². The summed E-state index contributed by atoms with van der Waals surface area (Å²) in [7, 11) is 1.42. The molecule has 1 fully saturated rings. The highest BCUT2D eigenvalue weighted by atomic mass is 35.5. The number of benzene rings is 1. The molecule has 0 bridgehead atoms. The highest BCUT2D eigenvalue weighted by Crippen LogP contribution is 2.39. The number of nitrogen functional groups attached to an aromatic ring is 1. The Labute approximate surface area is 210 Å². The molecule has 13 heteroatoms. The molecule has 5 atom stereocenters. The predicted molar refractivity (Wildman–Crippen MR) is 129 cm³/mol. The Hall–Kier alpha value is -3.60. The number of aliphatic imine (C=N–C) groups is 1. The Kier molecular flexibility index (Phi) is 6.94. The van der Waals surface area contributed by atoms with Gasteiger partial charge in [0.1, 0.15) is 17.7 Å². The molecule has 1 saturated heterocycles. The molecule has 0 spiro atoms. The van der Waals surface area contributed by atoms with Crippen LogP contribution in [0.2, 0.25) is 5.28 Å². The number of anilines is 1. The van der Waals surface area contributed by atoms with E-state index in [-0.39, 0.29) is 28.7 Å². The molecule has 3 aromatic rings. The average molecular weight is 515 g/mol. The maximum Gasteiger partial charge on any atom is 0.342 e. The number of rotatable bonds is 8. The number of hydrogen-bond donors (Lipinski definition) is 4. The van der Waals surface area contributed by atoms with Gasteiger partial charge in [0.05, 0.1) is 12.9 Å². The van der Waals surface area contributed by atoms with Crippen LogP contribution in [-0.4, -0.2) is 84.1 Å². The number of carbonyl (C=O) groups is 1. The maximum atomic E-state index is 12.3. The van der Waals surface area contributed by atoms with E-state index >= 15 is 0 Å². The van der Waals surface area contributed by atoms with E-state index < -0.39 is 42.2 Å². The van der Waals surface area contributed by atoms with E-state index in [9.17, 15) is 20.1 Å². The van der Waals surface area contributed by atoms with Crippen molar-refractivity contribution in [2.24, 2.45) is 4.99 Å². The average Bonchev–Trinajstić information content (AvgIpc) is 3.37. The lowest BCUT2D eigenvalue weighted by Gasteiger charge is -2.30. The zero-order valence-corrected chi connectivity index (χ0v) is 19.8. The van der Waals surface area contributed by atoms with Crippen molar-refractivity contribution in [1.82, 2.24) is 19.5 Å². The fourth-order valence-corrected chi connectivity index (χ4v) is 4.24. The molecule has 0 unspecified atom stereocenters. The van der Waals surface area contributed by atoms with Crippen LogP contribution in [0, 0.1) is 12.3 Å². The van der Waals surface area contributed by atoms with Gasteiger partial charge in [-0.1, -0.05) is 36.3 Å². The van der Waals surface area contributed by atoms with Gasteiger partial charge in [-0.05, 0) is 17.2 Å². The summed E-state index contributed by atoms with van der Waals surface area (Å²) in [6, 6.07) is 8.82. The second-order valence-corrected chi connectivity index (χ2v) is 8.53. The number of imidazole rings is 1. The minimum atomic E-state index is -2.25. The number of terminal acetylenes is 1. The molecule has 1 aliphatic rings. The SMILES string of the molecule is C#C[C@@]1(O)[C@@H](CO[C@@](C=NC)(Cc2ccccc2)C(=O)O)O[C@@H](n2cnc3c(N)nc(Cl)nc32)[C@@H]1O. The summed E-state index contributed by atoms with van der Waals surface area (Å²) >= 11 is 5.92. The highest BCUT2D eigenvalue weighted by Gasteiger charge is 2.56. The topological polar surface area (TPSA) is 178 Å². The van der Waals surface area contributed by atoms with Crippen LogP contribution in [0.4, 0.5) is 5.82 Å². The standard InChI is InChI=1S/C23H23ClN6O6/c1-3-23(34)14(10-35-22(11-26-2,20(32)33)9-13-7-5-4-6-8-13)36-19(16(23)31)30-12-27-15-17(25)28-21(24)29-18(15)30/h1,4-8,11-12,14,16,19,31,34H,9-10H2,2H3,(H,32,33)(H2,25,28,29)/t14-,16+,19-,22-,23-/m1/s1. The van der Waals surface area contributed by atoms with E-state index in [1.807, 2.05) is 0 Å². The number of hydrogen-bond acceptors (Lipinski definition) is 10. The van der Waals surface area contributed by atoms with Crippen LogP contribution in [0.3, 0.4) is 0 Å². The summed E-state index contributed by atoms with van der Waals surface area (Å²) < 4.78 is 13.0. The number of carboxylic acids is 1. The molecule has 0 saturated carbocycles. The molecule has 2 aromatic heterocycles. The van der Waals surface area contributed by atoms with E-state index in [1.54, 1.807) is 30.3 Å². The summed E-state index contributed by atoms with van der Waals surface area (Å²) in [6.07, 6.45) is 3.67. The molecule has 3 heterocycles. The number of nitrogens with two attached hydrogens (primary N) is 1. The number of nitrogens with zero attached hydrogens (tertiary/aromatic N) is 5. The largest absolute Gasteiger partial charge is 0.479 e. The van der Waals surface area contributed by atoms with Crippen molar-refractivity contribution in [1.29, 1.82) is 0 Å². The third-order valence-electron chi connectivity index (χ3n) is 5.94. The zero-order chi connectivity index (χ0) is 26.1. The van der Waals surface area contributed by atoms with Gasteiger partial charge in [-0.3, -0.25) is 9.56 Å². The summed E-state index contributed by atoms with van der Waals surface area (Å²) in [4.78, 5) is 28.2.